The molecule has 0 unspecified atom stereocenters. The first kappa shape index (κ1) is 29.8. The number of alkyl halides is 3. The number of nitrogens with zero attached hydrogens (tertiary/aromatic N) is 3. The van der Waals surface area contributed by atoms with Crippen LogP contribution in [-0.4, -0.2) is 26.7 Å². The molecule has 2 amide bonds. The maximum Gasteiger partial charge on any atom is 0.435 e. The molecule has 0 spiro atoms. The average molecular weight is 602 g/mol. The molecule has 7 nitrogen and oxygen atoms in total. The summed E-state index contributed by atoms with van der Waals surface area (Å²) in [6.07, 6.45) is -1.57. The fourth-order valence-corrected chi connectivity index (χ4v) is 5.38. The van der Waals surface area contributed by atoms with Crippen molar-refractivity contribution in [3.05, 3.63) is 106 Å². The van der Waals surface area contributed by atoms with E-state index in [1.165, 1.54) is 24.4 Å². The Morgan fingerprint density at radius 1 is 0.977 bits per heavy atom. The van der Waals surface area contributed by atoms with Crippen molar-refractivity contribution >= 4 is 11.9 Å². The summed E-state index contributed by atoms with van der Waals surface area (Å²) in [6, 6.07) is 7.29. The highest BCUT2D eigenvalue weighted by molar-refractivity contribution is 5.94. The van der Waals surface area contributed by atoms with E-state index >= 15 is 0 Å². The Labute approximate surface area is 241 Å². The maximum absolute atomic E-state index is 14.2. The van der Waals surface area contributed by atoms with Crippen molar-refractivity contribution < 1.29 is 35.9 Å². The summed E-state index contributed by atoms with van der Waals surface area (Å²) in [7, 11) is 0. The second-order valence-corrected chi connectivity index (χ2v) is 10.2. The molecular formula is C30H25F6N5O2. The highest BCUT2D eigenvalue weighted by Gasteiger charge is 2.40. The number of halogens is 6. The Hall–Kier alpha value is -4.68. The fraction of sp³-hybridized carbons (Fsp3) is 0.267. The van der Waals surface area contributed by atoms with Gasteiger partial charge in [0.25, 0.3) is 5.91 Å². The number of nitrogens with two attached hydrogens (primary N) is 1. The van der Waals surface area contributed by atoms with Gasteiger partial charge in [-0.15, -0.1) is 0 Å². The van der Waals surface area contributed by atoms with Crippen LogP contribution in [0.1, 0.15) is 63.9 Å². The van der Waals surface area contributed by atoms with Crippen molar-refractivity contribution in [2.24, 2.45) is 5.73 Å². The molecule has 3 N–H and O–H groups in total. The monoisotopic (exact) mass is 601 g/mol. The van der Waals surface area contributed by atoms with Crippen LogP contribution in [0.2, 0.25) is 0 Å². The van der Waals surface area contributed by atoms with E-state index in [1.54, 1.807) is 6.07 Å². The lowest BCUT2D eigenvalue weighted by atomic mass is 9.94. The zero-order valence-electron chi connectivity index (χ0n) is 22.5. The lowest BCUT2D eigenvalue weighted by Crippen LogP contribution is -2.36. The number of carbonyl (C=O) groups excluding carboxylic acids is 2. The summed E-state index contributed by atoms with van der Waals surface area (Å²) < 4.78 is 84.8. The lowest BCUT2D eigenvalue weighted by molar-refractivity contribution is -0.141. The zero-order chi connectivity index (χ0) is 30.9. The largest absolute Gasteiger partial charge is 0.435 e. The minimum Gasteiger partial charge on any atom is -0.366 e. The Balaban J connectivity index is 1.61. The van der Waals surface area contributed by atoms with E-state index in [9.17, 15) is 35.9 Å². The number of hydrogen-bond acceptors (Lipinski definition) is 4. The van der Waals surface area contributed by atoms with Crippen LogP contribution in [0.4, 0.5) is 31.1 Å². The van der Waals surface area contributed by atoms with Gasteiger partial charge in [-0.25, -0.2) is 18.0 Å². The summed E-state index contributed by atoms with van der Waals surface area (Å²) >= 11 is 0. The Morgan fingerprint density at radius 2 is 1.70 bits per heavy atom. The molecule has 43 heavy (non-hydrogen) atoms. The number of hydrogen-bond donors (Lipinski definition) is 2. The number of aromatic nitrogens is 3. The number of carbonyl (C=O) groups is 2. The van der Waals surface area contributed by atoms with Gasteiger partial charge in [-0.3, -0.25) is 9.78 Å². The predicted molar refractivity (Wildman–Crippen MR) is 143 cm³/mol. The molecular weight excluding hydrogens is 576 g/mol. The molecule has 1 atom stereocenters. The SMILES string of the molecule is NC(=O)c1cc(-c2cccnc2[C@H](Cc2cc(F)cc(F)c2)NC(=O)n2nc(C(F)(F)F)c3c2CCCCC3)ccc1F. The molecule has 0 bridgehead atoms. The third-order valence-electron chi connectivity index (χ3n) is 7.26. The van der Waals surface area contributed by atoms with E-state index in [0.29, 0.717) is 35.6 Å². The Kier molecular flexibility index (Phi) is 8.25. The minimum absolute atomic E-state index is 0.0345. The predicted octanol–water partition coefficient (Wildman–Crippen LogP) is 6.29. The molecule has 0 fully saturated rings. The van der Waals surface area contributed by atoms with Crippen LogP contribution in [0.3, 0.4) is 0 Å². The molecule has 2 heterocycles. The molecule has 1 aliphatic rings. The summed E-state index contributed by atoms with van der Waals surface area (Å²) in [5.41, 5.74) is 4.73. The number of fused-ring (bicyclic) bond motifs is 1. The van der Waals surface area contributed by atoms with Crippen molar-refractivity contribution in [2.75, 3.05) is 0 Å². The van der Waals surface area contributed by atoms with Gasteiger partial charge in [0.15, 0.2) is 5.69 Å². The Bertz CT molecular complexity index is 1680. The quantitative estimate of drug-likeness (QED) is 0.200. The topological polar surface area (TPSA) is 103 Å². The number of primary amides is 1. The maximum atomic E-state index is 14.2. The Morgan fingerprint density at radius 3 is 2.40 bits per heavy atom. The summed E-state index contributed by atoms with van der Waals surface area (Å²) in [5.74, 6) is -3.64. The van der Waals surface area contributed by atoms with Crippen molar-refractivity contribution in [1.82, 2.24) is 20.1 Å². The second-order valence-electron chi connectivity index (χ2n) is 10.2. The molecule has 5 rings (SSSR count). The van der Waals surface area contributed by atoms with Crippen molar-refractivity contribution in [3.63, 3.8) is 0 Å². The number of nitrogens with one attached hydrogen (secondary N) is 1. The van der Waals surface area contributed by atoms with Crippen molar-refractivity contribution in [2.45, 2.75) is 50.7 Å². The van der Waals surface area contributed by atoms with Gasteiger partial charge in [-0.05, 0) is 73.6 Å². The van der Waals surface area contributed by atoms with Crippen molar-refractivity contribution in [3.8, 4) is 11.1 Å². The van der Waals surface area contributed by atoms with E-state index in [4.69, 9.17) is 5.73 Å². The van der Waals surface area contributed by atoms with Gasteiger partial charge in [0.2, 0.25) is 0 Å². The van der Waals surface area contributed by atoms with Gasteiger partial charge in [-0.1, -0.05) is 18.6 Å². The standard InChI is InChI=1S/C30H25F6N5O2/c31-18-11-16(12-19(32)15-18)13-24(26-20(6-4-10-38-26)17-8-9-23(33)22(14-17)28(37)42)39-29(43)41-25-7-3-1-2-5-21(25)27(40-41)30(34,35)36/h4,6,8-12,14-15,24H,1-3,5,7,13H2,(H2,37,42)(H,39,43)/t24-/m0/s1. The summed E-state index contributed by atoms with van der Waals surface area (Å²) in [4.78, 5) is 29.8. The second kappa shape index (κ2) is 11.9. The van der Waals surface area contributed by atoms with E-state index in [2.05, 4.69) is 15.4 Å². The molecule has 2 aromatic carbocycles. The molecule has 4 aromatic rings. The molecule has 13 heteroatoms. The highest BCUT2D eigenvalue weighted by atomic mass is 19.4. The van der Waals surface area contributed by atoms with Crippen LogP contribution in [0, 0.1) is 17.5 Å². The van der Waals surface area contributed by atoms with E-state index < -0.39 is 52.9 Å². The van der Waals surface area contributed by atoms with Crippen LogP contribution in [-0.2, 0) is 25.4 Å². The first-order valence-corrected chi connectivity index (χ1v) is 13.4. The van der Waals surface area contributed by atoms with E-state index in [1.807, 2.05) is 0 Å². The minimum atomic E-state index is -4.78. The highest BCUT2D eigenvalue weighted by Crippen LogP contribution is 2.36. The normalized spacial score (nSPS) is 14.1. The smallest absolute Gasteiger partial charge is 0.366 e. The van der Waals surface area contributed by atoms with Crippen LogP contribution >= 0.6 is 0 Å². The first-order chi connectivity index (χ1) is 20.4. The summed E-state index contributed by atoms with van der Waals surface area (Å²) in [6.45, 7) is 0. The fourth-order valence-electron chi connectivity index (χ4n) is 5.38. The molecule has 0 aliphatic heterocycles. The molecule has 0 radical (unpaired) electrons. The van der Waals surface area contributed by atoms with Crippen LogP contribution in [0.5, 0.6) is 0 Å². The van der Waals surface area contributed by atoms with Gasteiger partial charge in [0.1, 0.15) is 17.5 Å². The number of amides is 2. The van der Waals surface area contributed by atoms with Gasteiger partial charge < -0.3 is 11.1 Å². The van der Waals surface area contributed by atoms with E-state index in [-0.39, 0.29) is 47.3 Å². The average Bonchev–Trinajstić information content (AvgIpc) is 3.15. The third kappa shape index (κ3) is 6.40. The molecule has 1 aliphatic carbocycles. The van der Waals surface area contributed by atoms with Crippen LogP contribution in [0.25, 0.3) is 11.1 Å². The first-order valence-electron chi connectivity index (χ1n) is 13.4. The van der Waals surface area contributed by atoms with Gasteiger partial charge >= 0.3 is 12.2 Å². The van der Waals surface area contributed by atoms with Gasteiger partial charge in [0.05, 0.1) is 23.0 Å². The molecule has 0 saturated carbocycles. The molecule has 2 aromatic heterocycles. The number of rotatable bonds is 6. The van der Waals surface area contributed by atoms with Crippen LogP contribution < -0.4 is 11.1 Å². The van der Waals surface area contributed by atoms with Crippen LogP contribution in [0.15, 0.2) is 54.7 Å². The molecule has 224 valence electrons. The molecule has 0 saturated heterocycles. The zero-order valence-corrected chi connectivity index (χ0v) is 22.5. The number of pyridine rings is 1. The van der Waals surface area contributed by atoms with Crippen molar-refractivity contribution in [1.29, 1.82) is 0 Å². The number of benzene rings is 2. The lowest BCUT2D eigenvalue weighted by Gasteiger charge is -2.22. The van der Waals surface area contributed by atoms with Gasteiger partial charge in [0, 0.05) is 23.4 Å². The third-order valence-corrected chi connectivity index (χ3v) is 7.26. The van der Waals surface area contributed by atoms with E-state index in [0.717, 1.165) is 18.2 Å². The van der Waals surface area contributed by atoms with Gasteiger partial charge in [-0.2, -0.15) is 23.0 Å². The summed E-state index contributed by atoms with van der Waals surface area (Å²) in [5, 5.41) is 6.31.